The smallest absolute Gasteiger partial charge is 1.00 e. The molecule has 0 spiro atoms. The van der Waals surface area contributed by atoms with E-state index in [0.717, 1.165) is 11.9 Å². The van der Waals surface area contributed by atoms with Crippen LogP contribution in [0.2, 0.25) is 5.32 Å². The Morgan fingerprint density at radius 2 is 2.06 bits per heavy atom. The van der Waals surface area contributed by atoms with Gasteiger partial charge in [0.05, 0.1) is 0 Å². The van der Waals surface area contributed by atoms with Gasteiger partial charge in [-0.3, -0.25) is 0 Å². The van der Waals surface area contributed by atoms with Gasteiger partial charge in [-0.1, -0.05) is 0 Å². The molecule has 0 saturated heterocycles. The molecule has 1 aliphatic heterocycles. The van der Waals surface area contributed by atoms with Crippen molar-refractivity contribution in [1.82, 2.24) is 0 Å². The minimum Gasteiger partial charge on any atom is -1.00 e. The fourth-order valence-corrected chi connectivity index (χ4v) is 8.97. The maximum atomic E-state index is 6.88. The number of hydrogen-bond donors (Lipinski definition) is 0. The Kier molecular flexibility index (Phi) is 5.15. The van der Waals surface area contributed by atoms with E-state index in [1.54, 1.807) is 0 Å². The second-order valence-electron chi connectivity index (χ2n) is 3.98. The Morgan fingerprint density at radius 3 is 2.75 bits per heavy atom. The van der Waals surface area contributed by atoms with Crippen LogP contribution in [0.3, 0.4) is 0 Å². The predicted molar refractivity (Wildman–Crippen MR) is 68.1 cm³/mol. The Hall–Kier alpha value is 0.279. The number of benzene rings is 1. The van der Waals surface area contributed by atoms with Gasteiger partial charge in [0.25, 0.3) is 0 Å². The minimum atomic E-state index is -2.11. The third-order valence-corrected chi connectivity index (χ3v) is 11.7. The van der Waals surface area contributed by atoms with Gasteiger partial charge in [0.1, 0.15) is 0 Å². The molecule has 0 fully saturated rings. The first kappa shape index (κ1) is 14.3. The summed E-state index contributed by atoms with van der Waals surface area (Å²) in [6.07, 6.45) is 2.46. The van der Waals surface area contributed by atoms with Crippen LogP contribution in [0.5, 0.6) is 0 Å². The summed E-state index contributed by atoms with van der Waals surface area (Å²) in [5.41, 5.74) is 1.41. The summed E-state index contributed by atoms with van der Waals surface area (Å²) in [4.78, 5) is 0. The molecular weight excluding hydrogens is 310 g/mol. The summed E-state index contributed by atoms with van der Waals surface area (Å²) in [6.45, 7) is 3.19. The molecule has 92 valence electrons. The van der Waals surface area contributed by atoms with Crippen LogP contribution < -0.4 is 16.9 Å². The normalized spacial score (nSPS) is 27.9. The van der Waals surface area contributed by atoms with Crippen molar-refractivity contribution in [2.75, 3.05) is 7.11 Å². The first-order valence-electron chi connectivity index (χ1n) is 5.40. The molecule has 0 radical (unpaired) electrons. The molecule has 1 heterocycles. The average Bonchev–Trinajstić information content (AvgIpc) is 2.50. The Morgan fingerprint density at radius 1 is 1.38 bits per heavy atom. The van der Waals surface area contributed by atoms with Crippen molar-refractivity contribution in [2.45, 2.75) is 31.7 Å². The van der Waals surface area contributed by atoms with Gasteiger partial charge in [0, 0.05) is 0 Å². The monoisotopic (exact) mass is 328 g/mol. The second-order valence-corrected chi connectivity index (χ2v) is 12.0. The van der Waals surface area contributed by atoms with Crippen molar-refractivity contribution in [2.24, 2.45) is 0 Å². The number of hydrogen-bond acceptors (Lipinski definition) is 0. The zero-order chi connectivity index (χ0) is 10.9. The molecule has 0 bridgehead atoms. The number of halogens is 2. The molecule has 4 heteroatoms. The van der Waals surface area contributed by atoms with Gasteiger partial charge in [-0.05, 0) is 0 Å². The van der Waals surface area contributed by atoms with E-state index in [1.165, 1.54) is 22.9 Å². The van der Waals surface area contributed by atoms with Gasteiger partial charge in [-0.2, -0.15) is 0 Å². The van der Waals surface area contributed by atoms with E-state index < -0.39 is 12.3 Å². The topological polar surface area (TPSA) is 2.70 Å². The first-order chi connectivity index (χ1) is 7.18. The fraction of sp³-hybridized carbons (Fsp3) is 0.500. The fourth-order valence-electron chi connectivity index (χ4n) is 1.97. The molecule has 0 aromatic heterocycles. The molecule has 0 amide bonds. The molecule has 1 aliphatic rings. The third-order valence-electron chi connectivity index (χ3n) is 2.87. The van der Waals surface area contributed by atoms with Crippen LogP contribution in [0.1, 0.15) is 25.3 Å². The molecule has 16 heavy (non-hydrogen) atoms. The standard InChI is InChI=1S/C12H18ClOSe.ClH/c1-3-4-9-15(13)12-8-6-5-7-11(12)10-14(15)2;/h5-8H,3-4,9-10H2,1-2H3;1H/q+1;/p-1. The predicted octanol–water partition coefficient (Wildman–Crippen LogP) is 0.0744. The van der Waals surface area contributed by atoms with Crippen molar-refractivity contribution >= 4 is 26.8 Å². The maximum absolute atomic E-state index is 6.88. The van der Waals surface area contributed by atoms with Crippen LogP contribution in [0.15, 0.2) is 24.3 Å². The van der Waals surface area contributed by atoms with Crippen molar-refractivity contribution in [3.63, 3.8) is 0 Å². The van der Waals surface area contributed by atoms with Crippen LogP contribution in [0.4, 0.5) is 0 Å². The van der Waals surface area contributed by atoms with Crippen molar-refractivity contribution < 1.29 is 15.9 Å². The van der Waals surface area contributed by atoms with Gasteiger partial charge in [0.2, 0.25) is 0 Å². The van der Waals surface area contributed by atoms with Crippen LogP contribution in [-0.4, -0.2) is 19.4 Å². The van der Waals surface area contributed by atoms with Crippen LogP contribution >= 0.6 is 10.1 Å². The summed E-state index contributed by atoms with van der Waals surface area (Å²) in [6, 6.07) is 8.63. The van der Waals surface area contributed by atoms with E-state index in [4.69, 9.17) is 10.1 Å². The first-order valence-corrected chi connectivity index (χ1v) is 10.4. The Labute approximate surface area is 111 Å². The number of rotatable bonds is 3. The Balaban J connectivity index is 0.00000128. The summed E-state index contributed by atoms with van der Waals surface area (Å²) in [7, 11) is 8.98. The summed E-state index contributed by atoms with van der Waals surface area (Å²) < 4.78 is 4.69. The molecule has 1 unspecified atom stereocenters. The van der Waals surface area contributed by atoms with Crippen molar-refractivity contribution in [3.05, 3.63) is 29.8 Å². The zero-order valence-corrected chi connectivity index (χ0v) is 12.9. The van der Waals surface area contributed by atoms with E-state index in [1.807, 2.05) is 0 Å². The molecule has 1 atom stereocenters. The van der Waals surface area contributed by atoms with E-state index in [9.17, 15) is 0 Å². The molecule has 0 saturated carbocycles. The quantitative estimate of drug-likeness (QED) is 0.546. The summed E-state index contributed by atoms with van der Waals surface area (Å²) >= 11 is -2.11. The average molecular weight is 328 g/mol. The van der Waals surface area contributed by atoms with Crippen LogP contribution in [-0.2, 0) is 10.1 Å². The van der Waals surface area contributed by atoms with E-state index >= 15 is 0 Å². The SMILES string of the molecule is CCCC[Se]1(Cl)c2ccccc2C[O+]1C.[Cl-]. The second kappa shape index (κ2) is 5.75. The number of fused-ring (bicyclic) bond motifs is 1. The van der Waals surface area contributed by atoms with Gasteiger partial charge in [-0.25, -0.2) is 0 Å². The third kappa shape index (κ3) is 2.42. The molecule has 1 aromatic carbocycles. The van der Waals surface area contributed by atoms with Crippen LogP contribution in [0.25, 0.3) is 0 Å². The number of unbranched alkanes of at least 4 members (excludes halogenated alkanes) is 1. The van der Waals surface area contributed by atoms with Gasteiger partial charge < -0.3 is 12.4 Å². The molecule has 0 aliphatic carbocycles. The van der Waals surface area contributed by atoms with E-state index in [0.29, 0.717) is 0 Å². The van der Waals surface area contributed by atoms with Gasteiger partial charge in [0.15, 0.2) is 0 Å². The van der Waals surface area contributed by atoms with Gasteiger partial charge >= 0.3 is 98.9 Å². The maximum Gasteiger partial charge on any atom is -1.00 e. The zero-order valence-electron chi connectivity index (χ0n) is 9.71. The summed E-state index contributed by atoms with van der Waals surface area (Å²) in [5.74, 6) is 0. The molecule has 2 rings (SSSR count). The largest absolute Gasteiger partial charge is 1.00 e. The van der Waals surface area contributed by atoms with Crippen molar-refractivity contribution in [1.29, 1.82) is 0 Å². The molecule has 1 nitrogen and oxygen atoms in total. The van der Waals surface area contributed by atoms with E-state index in [2.05, 4.69) is 41.7 Å². The Bertz CT molecular complexity index is 359. The van der Waals surface area contributed by atoms with Gasteiger partial charge in [-0.15, -0.1) is 0 Å². The molecule has 1 aromatic rings. The minimum absolute atomic E-state index is 0. The molecule has 0 N–H and O–H groups in total. The molecular formula is C12H18Cl2OSe. The van der Waals surface area contributed by atoms with E-state index in [-0.39, 0.29) is 12.4 Å². The van der Waals surface area contributed by atoms with Crippen LogP contribution in [0, 0.1) is 0 Å². The van der Waals surface area contributed by atoms with Crippen molar-refractivity contribution in [3.8, 4) is 0 Å². The summed E-state index contributed by atoms with van der Waals surface area (Å²) in [5, 5.41) is 1.16.